The quantitative estimate of drug-likeness (QED) is 0.287. The van der Waals surface area contributed by atoms with Gasteiger partial charge in [-0.3, -0.25) is 44.1 Å². The van der Waals surface area contributed by atoms with E-state index in [1.165, 1.54) is 0 Å². The first kappa shape index (κ1) is 28.9. The molecule has 2 aliphatic rings. The van der Waals surface area contributed by atoms with Gasteiger partial charge in [0.2, 0.25) is 17.7 Å². The lowest BCUT2D eigenvalue weighted by Crippen LogP contribution is -2.54. The highest BCUT2D eigenvalue weighted by Crippen LogP contribution is 2.28. The van der Waals surface area contributed by atoms with Crippen LogP contribution in [-0.2, 0) is 40.4 Å². The molecule has 3 heterocycles. The van der Waals surface area contributed by atoms with E-state index >= 15 is 0 Å². The maximum atomic E-state index is 13.1. The lowest BCUT2D eigenvalue weighted by molar-refractivity contribution is -0.136. The third kappa shape index (κ3) is 5.97. The minimum absolute atomic E-state index is 0.0824. The number of piperidine rings is 1. The van der Waals surface area contributed by atoms with Crippen LogP contribution in [-0.4, -0.2) is 57.4 Å². The number of carbonyl (C=O) groups excluding carboxylic acids is 5. The molecule has 6 rings (SSSR count). The molecule has 3 aromatic carbocycles. The van der Waals surface area contributed by atoms with Crippen LogP contribution in [0.5, 0.6) is 0 Å². The average Bonchev–Trinajstić information content (AvgIpc) is 3.25. The summed E-state index contributed by atoms with van der Waals surface area (Å²) in [5.74, 6) is -2.14. The Hall–Kier alpha value is -5.22. The Morgan fingerprint density at radius 2 is 1.61 bits per heavy atom. The minimum Gasteiger partial charge on any atom is -0.352 e. The molecule has 0 spiro atoms. The summed E-state index contributed by atoms with van der Waals surface area (Å²) < 4.78 is 0. The Bertz CT molecular complexity index is 1800. The standard InChI is InChI=1S/C34H31N5O5/c1-38(20-23-10-11-26-27(16-23)34(44)39(33(26)43)29-12-13-30(40)37-32(29)42)19-22-8-6-21(7-9-22)18-36-31(41)17-28-25-5-3-2-4-24(25)14-15-35-28/h2-11,14-16,29H,12-13,17-20H2,1H3,(H,36,41)(H,37,40,42). The molecule has 10 heteroatoms. The first-order valence-electron chi connectivity index (χ1n) is 14.5. The summed E-state index contributed by atoms with van der Waals surface area (Å²) in [7, 11) is 1.96. The summed E-state index contributed by atoms with van der Waals surface area (Å²) in [5.41, 5.74) is 4.22. The number of carbonyl (C=O) groups is 5. The van der Waals surface area contributed by atoms with Gasteiger partial charge in [-0.25, -0.2) is 0 Å². The van der Waals surface area contributed by atoms with E-state index in [0.717, 1.165) is 38.1 Å². The largest absolute Gasteiger partial charge is 0.352 e. The van der Waals surface area contributed by atoms with E-state index in [1.807, 2.05) is 67.7 Å². The highest BCUT2D eigenvalue weighted by molar-refractivity contribution is 6.23. The molecule has 0 radical (unpaired) electrons. The Morgan fingerprint density at radius 1 is 0.909 bits per heavy atom. The zero-order chi connectivity index (χ0) is 30.8. The van der Waals surface area contributed by atoms with Gasteiger partial charge in [-0.2, -0.15) is 0 Å². The van der Waals surface area contributed by atoms with Gasteiger partial charge < -0.3 is 5.32 Å². The normalized spacial score (nSPS) is 16.4. The Morgan fingerprint density at radius 3 is 2.41 bits per heavy atom. The van der Waals surface area contributed by atoms with Gasteiger partial charge in [0.25, 0.3) is 11.8 Å². The summed E-state index contributed by atoms with van der Waals surface area (Å²) in [6, 6.07) is 22.0. The highest BCUT2D eigenvalue weighted by atomic mass is 16.2. The summed E-state index contributed by atoms with van der Waals surface area (Å²) in [6.07, 6.45) is 2.14. The number of nitrogens with one attached hydrogen (secondary N) is 2. The maximum Gasteiger partial charge on any atom is 0.262 e. The van der Waals surface area contributed by atoms with Crippen molar-refractivity contribution in [2.75, 3.05) is 7.05 Å². The van der Waals surface area contributed by atoms with Crippen LogP contribution in [0.2, 0.25) is 0 Å². The van der Waals surface area contributed by atoms with E-state index in [2.05, 4.69) is 20.5 Å². The number of fused-ring (bicyclic) bond motifs is 2. The number of aromatic nitrogens is 1. The van der Waals surface area contributed by atoms with Crippen LogP contribution < -0.4 is 10.6 Å². The Balaban J connectivity index is 1.02. The van der Waals surface area contributed by atoms with Gasteiger partial charge in [0, 0.05) is 37.6 Å². The molecular weight excluding hydrogens is 558 g/mol. The van der Waals surface area contributed by atoms with Gasteiger partial charge >= 0.3 is 0 Å². The first-order valence-corrected chi connectivity index (χ1v) is 14.5. The van der Waals surface area contributed by atoms with Gasteiger partial charge in [0.1, 0.15) is 6.04 Å². The zero-order valence-corrected chi connectivity index (χ0v) is 24.2. The second-order valence-corrected chi connectivity index (χ2v) is 11.2. The molecule has 0 saturated carbocycles. The van der Waals surface area contributed by atoms with Crippen molar-refractivity contribution in [2.45, 2.75) is 44.9 Å². The van der Waals surface area contributed by atoms with Crippen LogP contribution in [0.15, 0.2) is 79.0 Å². The number of hydrogen-bond acceptors (Lipinski definition) is 7. The highest BCUT2D eigenvalue weighted by Gasteiger charge is 2.44. The lowest BCUT2D eigenvalue weighted by atomic mass is 10.0. The van der Waals surface area contributed by atoms with Crippen LogP contribution in [0, 0.1) is 0 Å². The molecule has 222 valence electrons. The molecule has 10 nitrogen and oxygen atoms in total. The van der Waals surface area contributed by atoms with Crippen LogP contribution in [0.1, 0.15) is 55.9 Å². The molecule has 2 N–H and O–H groups in total. The lowest BCUT2D eigenvalue weighted by Gasteiger charge is -2.27. The summed E-state index contributed by atoms with van der Waals surface area (Å²) >= 11 is 0. The fourth-order valence-corrected chi connectivity index (χ4v) is 5.80. The second-order valence-electron chi connectivity index (χ2n) is 11.2. The zero-order valence-electron chi connectivity index (χ0n) is 24.2. The topological polar surface area (TPSA) is 129 Å². The van der Waals surface area contributed by atoms with Crippen LogP contribution in [0.4, 0.5) is 0 Å². The third-order valence-electron chi connectivity index (χ3n) is 8.01. The maximum absolute atomic E-state index is 13.1. The molecule has 2 aliphatic heterocycles. The van der Waals surface area contributed by atoms with Gasteiger partial charge in [-0.1, -0.05) is 54.6 Å². The van der Waals surface area contributed by atoms with Crippen molar-refractivity contribution in [2.24, 2.45) is 0 Å². The van der Waals surface area contributed by atoms with E-state index < -0.39 is 29.7 Å². The van der Waals surface area contributed by atoms with Crippen LogP contribution in [0.25, 0.3) is 10.8 Å². The number of pyridine rings is 1. The smallest absolute Gasteiger partial charge is 0.262 e. The Kier molecular flexibility index (Phi) is 7.99. The van der Waals surface area contributed by atoms with Crippen molar-refractivity contribution in [3.05, 3.63) is 113 Å². The summed E-state index contributed by atoms with van der Waals surface area (Å²) in [6.45, 7) is 1.59. The number of benzene rings is 3. The van der Waals surface area contributed by atoms with Crippen molar-refractivity contribution in [1.82, 2.24) is 25.4 Å². The number of rotatable bonds is 9. The predicted molar refractivity (Wildman–Crippen MR) is 162 cm³/mol. The summed E-state index contributed by atoms with van der Waals surface area (Å²) in [5, 5.41) is 7.23. The van der Waals surface area contributed by atoms with E-state index in [4.69, 9.17) is 0 Å². The van der Waals surface area contributed by atoms with E-state index in [0.29, 0.717) is 19.6 Å². The van der Waals surface area contributed by atoms with Crippen molar-refractivity contribution >= 4 is 40.3 Å². The molecule has 1 atom stereocenters. The molecule has 1 fully saturated rings. The summed E-state index contributed by atoms with van der Waals surface area (Å²) in [4.78, 5) is 70.0. The van der Waals surface area contributed by atoms with Gasteiger partial charge in [0.15, 0.2) is 0 Å². The monoisotopic (exact) mass is 589 g/mol. The van der Waals surface area contributed by atoms with Gasteiger partial charge in [-0.05, 0) is 53.7 Å². The molecule has 44 heavy (non-hydrogen) atoms. The van der Waals surface area contributed by atoms with Crippen molar-refractivity contribution in [3.63, 3.8) is 0 Å². The van der Waals surface area contributed by atoms with Gasteiger partial charge in [-0.15, -0.1) is 0 Å². The molecule has 4 aromatic rings. The second kappa shape index (κ2) is 12.2. The third-order valence-corrected chi connectivity index (χ3v) is 8.01. The number of hydrogen-bond donors (Lipinski definition) is 2. The molecule has 1 unspecified atom stereocenters. The molecule has 1 saturated heterocycles. The fraction of sp³-hybridized carbons (Fsp3) is 0.235. The number of nitrogens with zero attached hydrogens (tertiary/aromatic N) is 3. The molecule has 0 bridgehead atoms. The minimum atomic E-state index is -0.983. The van der Waals surface area contributed by atoms with Crippen LogP contribution >= 0.6 is 0 Å². The molecule has 5 amide bonds. The van der Waals surface area contributed by atoms with Crippen LogP contribution in [0.3, 0.4) is 0 Å². The SMILES string of the molecule is CN(Cc1ccc(CNC(=O)Cc2nccc3ccccc23)cc1)Cc1ccc2c(c1)C(=O)N(C1CCC(=O)NC1=O)C2=O. The molecular formula is C34H31N5O5. The number of amides is 5. The first-order chi connectivity index (χ1) is 21.3. The van der Waals surface area contributed by atoms with E-state index in [1.54, 1.807) is 18.3 Å². The average molecular weight is 590 g/mol. The van der Waals surface area contributed by atoms with Crippen molar-refractivity contribution in [3.8, 4) is 0 Å². The fourth-order valence-electron chi connectivity index (χ4n) is 5.80. The van der Waals surface area contributed by atoms with Crippen molar-refractivity contribution < 1.29 is 24.0 Å². The van der Waals surface area contributed by atoms with E-state index in [-0.39, 0.29) is 36.3 Å². The Labute approximate surface area is 254 Å². The van der Waals surface area contributed by atoms with Gasteiger partial charge in [0.05, 0.1) is 23.2 Å². The van der Waals surface area contributed by atoms with Crippen molar-refractivity contribution in [1.29, 1.82) is 0 Å². The molecule has 1 aromatic heterocycles. The predicted octanol–water partition coefficient (Wildman–Crippen LogP) is 3.13. The van der Waals surface area contributed by atoms with E-state index in [9.17, 15) is 24.0 Å². The number of imide groups is 2. The molecule has 0 aliphatic carbocycles.